The first kappa shape index (κ1) is 66.8. The number of hydrogen-bond donors (Lipinski definition) is 0. The summed E-state index contributed by atoms with van der Waals surface area (Å²) in [6.07, 6.45) is 0. The summed E-state index contributed by atoms with van der Waals surface area (Å²) >= 11 is 0. The predicted molar refractivity (Wildman–Crippen MR) is 415 cm³/mol. The van der Waals surface area contributed by atoms with Gasteiger partial charge in [-0.25, -0.2) is 4.98 Å². The van der Waals surface area contributed by atoms with Crippen LogP contribution in [0.15, 0.2) is 194 Å². The Balaban J connectivity index is 1.28. The van der Waals surface area contributed by atoms with Crippen molar-refractivity contribution in [1.29, 1.82) is 0 Å². The number of aromatic nitrogens is 1. The summed E-state index contributed by atoms with van der Waals surface area (Å²) < 4.78 is 0. The lowest BCUT2D eigenvalue weighted by atomic mass is 9.33. The molecular weight excluding hydrogens is 1150 g/mol. The molecule has 2 aliphatic heterocycles. The Bertz CT molecular complexity index is 4180. The molecule has 9 aromatic carbocycles. The number of nitrogens with zero attached hydrogens (tertiary/aromatic N) is 3. The zero-order chi connectivity index (χ0) is 68.7. The van der Waals surface area contributed by atoms with Crippen molar-refractivity contribution in [3.63, 3.8) is 0 Å². The lowest BCUT2D eigenvalue weighted by molar-refractivity contribution is 0.568. The molecule has 0 atom stereocenters. The fourth-order valence-corrected chi connectivity index (χ4v) is 13.8. The molecule has 3 heterocycles. The molecule has 12 rings (SSSR count). The van der Waals surface area contributed by atoms with E-state index in [1.54, 1.807) is 0 Å². The highest BCUT2D eigenvalue weighted by Gasteiger charge is 2.45. The Labute approximate surface area is 572 Å². The molecule has 0 aliphatic carbocycles. The average Bonchev–Trinajstić information content (AvgIpc) is 0.693. The minimum atomic E-state index is -0.165. The quantitative estimate of drug-likeness (QED) is 0.148. The lowest BCUT2D eigenvalue weighted by Crippen LogP contribution is -2.61. The number of fused-ring (bicyclic) bond motifs is 4. The highest BCUT2D eigenvalue weighted by Crippen LogP contribution is 2.50. The van der Waals surface area contributed by atoms with E-state index in [9.17, 15) is 0 Å². The first-order chi connectivity index (χ1) is 44.1. The first-order valence-electron chi connectivity index (χ1n) is 34.9. The maximum Gasteiger partial charge on any atom is 0.252 e. The maximum absolute atomic E-state index is 6.07. The standard InChI is InChI=1S/C91H104BN3/c1-84(2,3)65-39-61(40-66(49-65)85(4,5)6)62-45-77(63-41-67(86(7,8)9)50-68(42-63)87(10,11)12)93-78(46-62)64-47-81-83-82(48-64)95(74-55-71(90(19,20)21)52-72(56-74)91(22,23)24)80-38-36-60(58-33-29-26-30-34-58)44-76(80)92(83)75-43-59(57-31-27-25-28-32-57)35-37-79(75)94(81)73-53-69(88(13,14)15)51-70(54-73)89(16,17)18/h25-56H,1-24H3. The molecule has 0 radical (unpaired) electrons. The lowest BCUT2D eigenvalue weighted by Gasteiger charge is -2.45. The second-order valence-corrected chi connectivity index (χ2v) is 36.1. The van der Waals surface area contributed by atoms with E-state index in [-0.39, 0.29) is 50.0 Å². The first-order valence-corrected chi connectivity index (χ1v) is 34.9. The molecule has 0 spiro atoms. The van der Waals surface area contributed by atoms with Crippen molar-refractivity contribution in [2.75, 3.05) is 9.80 Å². The molecule has 0 bridgehead atoms. The molecule has 10 aromatic rings. The van der Waals surface area contributed by atoms with E-state index in [0.29, 0.717) is 0 Å². The van der Waals surface area contributed by atoms with Crippen molar-refractivity contribution >= 4 is 57.2 Å². The molecule has 1 aromatic heterocycles. The normalized spacial score (nSPS) is 13.8. The van der Waals surface area contributed by atoms with Crippen molar-refractivity contribution in [3.05, 3.63) is 239 Å². The molecule has 0 saturated carbocycles. The van der Waals surface area contributed by atoms with Crippen molar-refractivity contribution < 1.29 is 0 Å². The van der Waals surface area contributed by atoms with Crippen LogP contribution < -0.4 is 26.2 Å². The van der Waals surface area contributed by atoms with Crippen LogP contribution in [-0.2, 0) is 43.3 Å². The molecule has 0 unspecified atom stereocenters. The van der Waals surface area contributed by atoms with Crippen LogP contribution >= 0.6 is 0 Å². The molecule has 4 heteroatoms. The minimum Gasteiger partial charge on any atom is -0.311 e. The Morgan fingerprint density at radius 1 is 0.232 bits per heavy atom. The van der Waals surface area contributed by atoms with Gasteiger partial charge >= 0.3 is 0 Å². The van der Waals surface area contributed by atoms with Gasteiger partial charge in [0.1, 0.15) is 0 Å². The van der Waals surface area contributed by atoms with Crippen molar-refractivity contribution in [1.82, 2.24) is 4.98 Å². The summed E-state index contributed by atoms with van der Waals surface area (Å²) in [6, 6.07) is 76.1. The van der Waals surface area contributed by atoms with E-state index >= 15 is 0 Å². The SMILES string of the molecule is CC(C)(C)c1cc(-c2cc(-c3cc(C(C)(C)C)cc(C(C)(C)C)c3)nc(-c3cc4c5c(c3)N(c3cc(C(C)(C)C)cc(C(C)(C)C)c3)c3ccc(-c6ccccc6)cc3B5c3cc(-c5ccccc5)ccc3N4c3cc(C(C)(C)C)cc(C(C)(C)C)c3)c2)cc(C(C)(C)C)c1. The third kappa shape index (κ3) is 13.2. The zero-order valence-corrected chi connectivity index (χ0v) is 61.9. The molecule has 3 nitrogen and oxygen atoms in total. The Morgan fingerprint density at radius 3 is 0.811 bits per heavy atom. The van der Waals surface area contributed by atoms with E-state index in [2.05, 4.69) is 370 Å². The third-order valence-corrected chi connectivity index (χ3v) is 20.2. The smallest absolute Gasteiger partial charge is 0.252 e. The second-order valence-electron chi connectivity index (χ2n) is 36.1. The van der Waals surface area contributed by atoms with Gasteiger partial charge in [0, 0.05) is 45.3 Å². The average molecular weight is 1250 g/mol. The second kappa shape index (κ2) is 23.3. The van der Waals surface area contributed by atoms with Gasteiger partial charge < -0.3 is 9.80 Å². The molecule has 0 amide bonds. The van der Waals surface area contributed by atoms with E-state index in [1.165, 1.54) is 100 Å². The summed E-state index contributed by atoms with van der Waals surface area (Å²) in [6.45, 7) is 56.4. The zero-order valence-electron chi connectivity index (χ0n) is 61.9. The van der Waals surface area contributed by atoms with Gasteiger partial charge in [0.05, 0.1) is 11.4 Å². The molecule has 0 saturated heterocycles. The number of rotatable bonds is 7. The Morgan fingerprint density at radius 2 is 0.505 bits per heavy atom. The molecule has 486 valence electrons. The highest BCUT2D eigenvalue weighted by atomic mass is 15.2. The van der Waals surface area contributed by atoms with Crippen LogP contribution in [-0.4, -0.2) is 11.7 Å². The van der Waals surface area contributed by atoms with Crippen molar-refractivity contribution in [2.24, 2.45) is 0 Å². The van der Waals surface area contributed by atoms with E-state index < -0.39 is 0 Å². The van der Waals surface area contributed by atoms with Crippen LogP contribution in [0.4, 0.5) is 34.1 Å². The number of benzene rings is 9. The van der Waals surface area contributed by atoms with Gasteiger partial charge in [-0.2, -0.15) is 0 Å². The van der Waals surface area contributed by atoms with Crippen molar-refractivity contribution in [3.8, 4) is 55.9 Å². The van der Waals surface area contributed by atoms with Crippen LogP contribution in [0.3, 0.4) is 0 Å². The third-order valence-electron chi connectivity index (χ3n) is 20.2. The minimum absolute atomic E-state index is 0.0907. The Kier molecular flexibility index (Phi) is 16.4. The maximum atomic E-state index is 6.07. The summed E-state index contributed by atoms with van der Waals surface area (Å²) in [7, 11) is 0. The molecule has 0 fully saturated rings. The fraction of sp³-hybridized carbons (Fsp3) is 0.352. The van der Waals surface area contributed by atoms with E-state index in [0.717, 1.165) is 50.8 Å². The van der Waals surface area contributed by atoms with Gasteiger partial charge in [-0.15, -0.1) is 0 Å². The highest BCUT2D eigenvalue weighted by molar-refractivity contribution is 7.00. The van der Waals surface area contributed by atoms with Gasteiger partial charge in [-0.05, 0) is 210 Å². The van der Waals surface area contributed by atoms with Crippen LogP contribution in [0.1, 0.15) is 211 Å². The summed E-state index contributed by atoms with van der Waals surface area (Å²) in [5.41, 5.74) is 31.5. The largest absolute Gasteiger partial charge is 0.311 e. The number of pyridine rings is 1. The number of anilines is 6. The molecule has 95 heavy (non-hydrogen) atoms. The van der Waals surface area contributed by atoms with Crippen molar-refractivity contribution in [2.45, 2.75) is 209 Å². The summed E-state index contributed by atoms with van der Waals surface area (Å²) in [4.78, 5) is 11.4. The monoisotopic (exact) mass is 1250 g/mol. The van der Waals surface area contributed by atoms with Gasteiger partial charge in [-0.3, -0.25) is 0 Å². The van der Waals surface area contributed by atoms with Gasteiger partial charge in [0.15, 0.2) is 0 Å². The van der Waals surface area contributed by atoms with Gasteiger partial charge in [0.25, 0.3) is 6.71 Å². The topological polar surface area (TPSA) is 19.4 Å². The van der Waals surface area contributed by atoms with E-state index in [4.69, 9.17) is 4.98 Å². The predicted octanol–water partition coefficient (Wildman–Crippen LogP) is 23.9. The molecular formula is C91H104BN3. The van der Waals surface area contributed by atoms with Crippen LogP contribution in [0, 0.1) is 0 Å². The van der Waals surface area contributed by atoms with Crippen LogP contribution in [0.5, 0.6) is 0 Å². The van der Waals surface area contributed by atoms with Gasteiger partial charge in [-0.1, -0.05) is 287 Å². The molecule has 0 N–H and O–H groups in total. The molecule has 2 aliphatic rings. The summed E-state index contributed by atoms with van der Waals surface area (Å²) in [5, 5.41) is 0. The van der Waals surface area contributed by atoms with E-state index in [1.807, 2.05) is 0 Å². The fourth-order valence-electron chi connectivity index (χ4n) is 13.8. The van der Waals surface area contributed by atoms with Crippen LogP contribution in [0.2, 0.25) is 0 Å². The summed E-state index contributed by atoms with van der Waals surface area (Å²) in [5.74, 6) is 0. The van der Waals surface area contributed by atoms with Gasteiger partial charge in [0.2, 0.25) is 0 Å². The Hall–Kier alpha value is -8.21. The van der Waals surface area contributed by atoms with Crippen LogP contribution in [0.25, 0.3) is 55.9 Å². The number of hydrogen-bond acceptors (Lipinski definition) is 3.